The van der Waals surface area contributed by atoms with Gasteiger partial charge in [0.2, 0.25) is 11.8 Å². The lowest BCUT2D eigenvalue weighted by atomic mass is 9.73. The summed E-state index contributed by atoms with van der Waals surface area (Å²) >= 11 is 0. The van der Waals surface area contributed by atoms with Crippen LogP contribution in [0.1, 0.15) is 94.4 Å². The summed E-state index contributed by atoms with van der Waals surface area (Å²) in [4.78, 5) is 25.8. The van der Waals surface area contributed by atoms with Gasteiger partial charge in [-0.15, -0.1) is 0 Å². The number of rotatable bonds is 3. The van der Waals surface area contributed by atoms with E-state index < -0.39 is 0 Å². The van der Waals surface area contributed by atoms with Crippen molar-refractivity contribution in [3.8, 4) is 0 Å². The Morgan fingerprint density at radius 3 is 1.48 bits per heavy atom. The highest BCUT2D eigenvalue weighted by atomic mass is 16.5. The number of likely N-dealkylation sites (tertiary alicyclic amines) is 2. The molecule has 3 rings (SSSR count). The Morgan fingerprint density at radius 1 is 0.758 bits per heavy atom. The fourth-order valence-corrected chi connectivity index (χ4v) is 4.91. The van der Waals surface area contributed by atoms with Crippen LogP contribution in [0, 0.1) is 35.0 Å². The van der Waals surface area contributed by atoms with Crippen molar-refractivity contribution in [1.29, 1.82) is 0 Å². The second-order valence-corrected chi connectivity index (χ2v) is 11.8. The van der Waals surface area contributed by atoms with E-state index in [1.54, 1.807) is 13.8 Å². The first-order chi connectivity index (χ1) is 15.4. The molecule has 3 heterocycles. The van der Waals surface area contributed by atoms with E-state index in [4.69, 9.17) is 4.74 Å². The minimum absolute atomic E-state index is 0.230. The molecule has 0 aromatic heterocycles. The Bertz CT molecular complexity index is 574. The van der Waals surface area contributed by atoms with Gasteiger partial charge >= 0.3 is 0 Å². The lowest BCUT2D eigenvalue weighted by Crippen LogP contribution is -2.38. The number of carbonyl (C=O) groups is 2. The number of ether oxygens (including phenoxy) is 1. The summed E-state index contributed by atoms with van der Waals surface area (Å²) in [5.41, 5.74) is 0.554. The zero-order valence-electron chi connectivity index (χ0n) is 23.3. The van der Waals surface area contributed by atoms with Crippen molar-refractivity contribution in [2.45, 2.75) is 94.4 Å². The molecule has 2 amide bonds. The smallest absolute Gasteiger partial charge is 0.219 e. The van der Waals surface area contributed by atoms with Crippen molar-refractivity contribution in [2.75, 3.05) is 39.4 Å². The standard InChI is InChI=1S/C10H19NO.C9H17NO.C9H18O/c1-8(2)10-4-6-11(7-5-10)9(3)12;1-7(2)9-4-5-10(6-9)8(3)11;1-8(2)9(3)4-6-10-7-5-9/h8,10H,4-7H2,1-3H3;7,9H,4-6H2,1-3H3;8H,4-7H2,1-3H3. The Kier molecular flexibility index (Phi) is 13.0. The molecule has 3 aliphatic rings. The minimum atomic E-state index is 0.230. The fraction of sp³-hybridized carbons (Fsp3) is 0.929. The van der Waals surface area contributed by atoms with Gasteiger partial charge in [-0.25, -0.2) is 0 Å². The van der Waals surface area contributed by atoms with E-state index in [2.05, 4.69) is 48.5 Å². The van der Waals surface area contributed by atoms with Gasteiger partial charge in [-0.1, -0.05) is 48.5 Å². The van der Waals surface area contributed by atoms with E-state index in [9.17, 15) is 9.59 Å². The highest BCUT2D eigenvalue weighted by Gasteiger charge is 2.30. The van der Waals surface area contributed by atoms with E-state index in [1.165, 1.54) is 32.1 Å². The van der Waals surface area contributed by atoms with Crippen molar-refractivity contribution in [1.82, 2.24) is 9.80 Å². The van der Waals surface area contributed by atoms with Gasteiger partial charge in [-0.2, -0.15) is 0 Å². The fourth-order valence-electron chi connectivity index (χ4n) is 4.91. The summed E-state index contributed by atoms with van der Waals surface area (Å²) in [7, 11) is 0. The molecule has 0 spiro atoms. The molecule has 1 atom stereocenters. The molecular formula is C28H54N2O3. The summed E-state index contributed by atoms with van der Waals surface area (Å²) in [5, 5.41) is 0. The average molecular weight is 467 g/mol. The van der Waals surface area contributed by atoms with Gasteiger partial charge in [0.15, 0.2) is 0 Å². The molecule has 0 radical (unpaired) electrons. The monoisotopic (exact) mass is 466 g/mol. The first-order valence-electron chi connectivity index (χ1n) is 13.5. The van der Waals surface area contributed by atoms with Gasteiger partial charge in [0.05, 0.1) is 0 Å². The number of carbonyl (C=O) groups excluding carboxylic acids is 2. The van der Waals surface area contributed by atoms with E-state index in [-0.39, 0.29) is 11.8 Å². The van der Waals surface area contributed by atoms with Gasteiger partial charge in [-0.05, 0) is 67.1 Å². The third kappa shape index (κ3) is 10.4. The normalized spacial score (nSPS) is 23.2. The summed E-state index contributed by atoms with van der Waals surface area (Å²) in [6.45, 7) is 25.1. The van der Waals surface area contributed by atoms with Crippen molar-refractivity contribution >= 4 is 11.8 Å². The predicted octanol–water partition coefficient (Wildman–Crippen LogP) is 5.87. The third-order valence-corrected chi connectivity index (χ3v) is 8.57. The maximum absolute atomic E-state index is 11.0. The summed E-state index contributed by atoms with van der Waals surface area (Å²) in [5.74, 6) is 4.33. The zero-order valence-corrected chi connectivity index (χ0v) is 23.3. The largest absolute Gasteiger partial charge is 0.381 e. The second-order valence-electron chi connectivity index (χ2n) is 11.8. The first kappa shape index (κ1) is 29.9. The molecule has 0 aromatic rings. The van der Waals surface area contributed by atoms with E-state index in [0.717, 1.165) is 69.0 Å². The Balaban J connectivity index is 0.000000249. The third-order valence-electron chi connectivity index (χ3n) is 8.57. The van der Waals surface area contributed by atoms with Gasteiger partial charge in [-0.3, -0.25) is 9.59 Å². The topological polar surface area (TPSA) is 49.9 Å². The van der Waals surface area contributed by atoms with Crippen molar-refractivity contribution in [2.24, 2.45) is 35.0 Å². The van der Waals surface area contributed by atoms with Crippen LogP contribution in [-0.4, -0.2) is 61.0 Å². The molecule has 33 heavy (non-hydrogen) atoms. The number of piperidine rings is 1. The van der Waals surface area contributed by atoms with Gasteiger partial charge in [0, 0.05) is 53.2 Å². The molecule has 0 bridgehead atoms. The highest BCUT2D eigenvalue weighted by molar-refractivity contribution is 5.73. The van der Waals surface area contributed by atoms with Crippen LogP contribution in [0.5, 0.6) is 0 Å². The van der Waals surface area contributed by atoms with E-state index >= 15 is 0 Å². The van der Waals surface area contributed by atoms with Crippen LogP contribution >= 0.6 is 0 Å². The molecule has 1 unspecified atom stereocenters. The number of hydrogen-bond acceptors (Lipinski definition) is 3. The van der Waals surface area contributed by atoms with Crippen LogP contribution in [0.3, 0.4) is 0 Å². The second kappa shape index (κ2) is 14.3. The zero-order chi connectivity index (χ0) is 25.2. The van der Waals surface area contributed by atoms with Crippen molar-refractivity contribution in [3.63, 3.8) is 0 Å². The van der Waals surface area contributed by atoms with Crippen molar-refractivity contribution < 1.29 is 14.3 Å². The van der Waals surface area contributed by atoms with Crippen LogP contribution in [0.4, 0.5) is 0 Å². The van der Waals surface area contributed by atoms with Crippen LogP contribution in [-0.2, 0) is 14.3 Å². The Morgan fingerprint density at radius 2 is 1.18 bits per heavy atom. The number of amides is 2. The van der Waals surface area contributed by atoms with Crippen LogP contribution in [0.2, 0.25) is 0 Å². The van der Waals surface area contributed by atoms with Gasteiger partial charge in [0.1, 0.15) is 0 Å². The quantitative estimate of drug-likeness (QED) is 0.522. The first-order valence-corrected chi connectivity index (χ1v) is 13.5. The highest BCUT2D eigenvalue weighted by Crippen LogP contribution is 2.37. The van der Waals surface area contributed by atoms with Crippen LogP contribution in [0.15, 0.2) is 0 Å². The van der Waals surface area contributed by atoms with Crippen LogP contribution in [0.25, 0.3) is 0 Å². The minimum Gasteiger partial charge on any atom is -0.381 e. The molecule has 5 heteroatoms. The van der Waals surface area contributed by atoms with Crippen LogP contribution < -0.4 is 0 Å². The molecule has 0 N–H and O–H groups in total. The maximum atomic E-state index is 11.0. The van der Waals surface area contributed by atoms with Gasteiger partial charge < -0.3 is 14.5 Å². The molecule has 3 fully saturated rings. The molecule has 0 aliphatic carbocycles. The summed E-state index contributed by atoms with van der Waals surface area (Å²) < 4.78 is 5.32. The Labute approximate surface area is 205 Å². The maximum Gasteiger partial charge on any atom is 0.219 e. The molecule has 0 aromatic carbocycles. The van der Waals surface area contributed by atoms with E-state index in [1.807, 2.05) is 9.80 Å². The van der Waals surface area contributed by atoms with Crippen molar-refractivity contribution in [3.05, 3.63) is 0 Å². The molecule has 3 aliphatic heterocycles. The average Bonchev–Trinajstić information content (AvgIpc) is 3.26. The Hall–Kier alpha value is -1.10. The lowest BCUT2D eigenvalue weighted by Gasteiger charge is -2.37. The SMILES string of the molecule is CC(=O)N1CCC(C(C)C)C1.CC(=O)N1CCC(C(C)C)CC1.CC(C)C1(C)CCOCC1. The summed E-state index contributed by atoms with van der Waals surface area (Å²) in [6, 6.07) is 0. The molecular weight excluding hydrogens is 412 g/mol. The van der Waals surface area contributed by atoms with Gasteiger partial charge in [0.25, 0.3) is 0 Å². The molecule has 5 nitrogen and oxygen atoms in total. The lowest BCUT2D eigenvalue weighted by molar-refractivity contribution is -0.130. The number of nitrogens with zero attached hydrogens (tertiary/aromatic N) is 2. The molecule has 194 valence electrons. The number of hydrogen-bond donors (Lipinski definition) is 0. The summed E-state index contributed by atoms with van der Waals surface area (Å²) in [6.07, 6.45) is 6.06. The molecule has 0 saturated carbocycles. The van der Waals surface area contributed by atoms with E-state index in [0.29, 0.717) is 5.41 Å². The predicted molar refractivity (Wildman–Crippen MR) is 138 cm³/mol. The molecule has 3 saturated heterocycles.